The highest BCUT2D eigenvalue weighted by Gasteiger charge is 2.23. The number of nitrogens with one attached hydrogen (secondary N) is 3. The second-order valence-electron chi connectivity index (χ2n) is 5.62. The van der Waals surface area contributed by atoms with Crippen molar-refractivity contribution < 1.29 is 14.3 Å². The van der Waals surface area contributed by atoms with Gasteiger partial charge in [-0.15, -0.1) is 11.3 Å². The van der Waals surface area contributed by atoms with Crippen molar-refractivity contribution in [1.82, 2.24) is 5.32 Å². The molecule has 2 amide bonds. The van der Waals surface area contributed by atoms with Gasteiger partial charge >= 0.3 is 0 Å². The molecule has 1 aromatic heterocycles. The second-order valence-corrected chi connectivity index (χ2v) is 6.66. The maximum Gasteiger partial charge on any atom is 0.265 e. The van der Waals surface area contributed by atoms with Crippen molar-refractivity contribution in [3.05, 3.63) is 40.6 Å². The molecule has 0 radical (unpaired) electrons. The smallest absolute Gasteiger partial charge is 0.265 e. The minimum Gasteiger partial charge on any atom is -0.479 e. The summed E-state index contributed by atoms with van der Waals surface area (Å²) >= 11 is 1.61. The number of amides is 2. The number of hydrogen-bond acceptors (Lipinski definition) is 5. The minimum absolute atomic E-state index is 0.0879. The molecule has 2 atom stereocenters. The molecule has 24 heavy (non-hydrogen) atoms. The zero-order valence-corrected chi connectivity index (χ0v) is 14.3. The Hall–Kier alpha value is -2.54. The average molecular weight is 345 g/mol. The molecule has 0 fully saturated rings. The number of anilines is 2. The Morgan fingerprint density at radius 1 is 1.42 bits per heavy atom. The van der Waals surface area contributed by atoms with Crippen LogP contribution in [0.3, 0.4) is 0 Å². The van der Waals surface area contributed by atoms with E-state index in [1.165, 1.54) is 0 Å². The van der Waals surface area contributed by atoms with Crippen molar-refractivity contribution in [2.24, 2.45) is 0 Å². The maximum absolute atomic E-state index is 12.2. The third-order valence-electron chi connectivity index (χ3n) is 3.70. The molecule has 6 nitrogen and oxygen atoms in total. The lowest BCUT2D eigenvalue weighted by atomic mass is 10.2. The molecule has 2 heterocycles. The van der Waals surface area contributed by atoms with Crippen molar-refractivity contribution in [2.45, 2.75) is 32.5 Å². The molecule has 0 saturated carbocycles. The molecular weight excluding hydrogens is 326 g/mol. The van der Waals surface area contributed by atoms with E-state index in [9.17, 15) is 9.59 Å². The van der Waals surface area contributed by atoms with E-state index >= 15 is 0 Å². The van der Waals surface area contributed by atoms with Crippen LogP contribution in [-0.4, -0.2) is 24.0 Å². The van der Waals surface area contributed by atoms with Gasteiger partial charge in [-0.2, -0.15) is 0 Å². The predicted octanol–water partition coefficient (Wildman–Crippen LogP) is 2.58. The van der Waals surface area contributed by atoms with Gasteiger partial charge < -0.3 is 20.7 Å². The van der Waals surface area contributed by atoms with Gasteiger partial charge in [0.1, 0.15) is 11.8 Å². The Bertz CT molecular complexity index is 746. The molecule has 0 bridgehead atoms. The van der Waals surface area contributed by atoms with Crippen molar-refractivity contribution in [3.8, 4) is 5.75 Å². The first kappa shape index (κ1) is 16.3. The summed E-state index contributed by atoms with van der Waals surface area (Å²) in [6.07, 6.45) is -0.502. The van der Waals surface area contributed by atoms with Gasteiger partial charge in [0, 0.05) is 10.6 Å². The molecule has 0 unspecified atom stereocenters. The van der Waals surface area contributed by atoms with E-state index in [0.717, 1.165) is 10.6 Å². The Kier molecular flexibility index (Phi) is 4.71. The molecular formula is C17H19N3O3S. The lowest BCUT2D eigenvalue weighted by Crippen LogP contribution is -2.37. The van der Waals surface area contributed by atoms with E-state index < -0.39 is 12.1 Å². The van der Waals surface area contributed by atoms with Crippen LogP contribution >= 0.6 is 11.3 Å². The van der Waals surface area contributed by atoms with Crippen LogP contribution in [0.25, 0.3) is 0 Å². The summed E-state index contributed by atoms with van der Waals surface area (Å²) in [5, 5.41) is 10.8. The number of carbonyl (C=O) groups excluding carboxylic acids is 2. The van der Waals surface area contributed by atoms with Gasteiger partial charge in [-0.25, -0.2) is 0 Å². The first-order valence-electron chi connectivity index (χ1n) is 7.71. The van der Waals surface area contributed by atoms with Crippen molar-refractivity contribution in [3.63, 3.8) is 0 Å². The number of carbonyl (C=O) groups is 2. The molecule has 126 valence electrons. The number of fused-ring (bicyclic) bond motifs is 1. The molecule has 1 aliphatic heterocycles. The van der Waals surface area contributed by atoms with Gasteiger partial charge in [-0.1, -0.05) is 6.07 Å². The number of ether oxygens (including phenoxy) is 1. The van der Waals surface area contributed by atoms with E-state index in [1.807, 2.05) is 23.6 Å². The van der Waals surface area contributed by atoms with Gasteiger partial charge in [-0.05, 0) is 43.5 Å². The molecule has 0 aliphatic carbocycles. The first-order chi connectivity index (χ1) is 11.5. The molecule has 2 aromatic rings. The van der Waals surface area contributed by atoms with Crippen molar-refractivity contribution >= 4 is 34.5 Å². The number of benzene rings is 1. The monoisotopic (exact) mass is 345 g/mol. The Balaban J connectivity index is 1.60. The van der Waals surface area contributed by atoms with E-state index in [4.69, 9.17) is 4.74 Å². The van der Waals surface area contributed by atoms with Crippen LogP contribution in [0.15, 0.2) is 35.7 Å². The zero-order chi connectivity index (χ0) is 17.1. The topological polar surface area (TPSA) is 79.5 Å². The fraction of sp³-hybridized carbons (Fsp3) is 0.294. The first-order valence-corrected chi connectivity index (χ1v) is 8.59. The lowest BCUT2D eigenvalue weighted by Gasteiger charge is -2.24. The molecule has 3 N–H and O–H groups in total. The van der Waals surface area contributed by atoms with Crippen molar-refractivity contribution in [2.75, 3.05) is 10.6 Å². The van der Waals surface area contributed by atoms with Gasteiger partial charge in [-0.3, -0.25) is 9.59 Å². The summed E-state index contributed by atoms with van der Waals surface area (Å²) in [5.74, 6) is 0.360. The molecule has 0 saturated heterocycles. The minimum atomic E-state index is -0.502. The van der Waals surface area contributed by atoms with Gasteiger partial charge in [0.25, 0.3) is 5.91 Å². The fourth-order valence-corrected chi connectivity index (χ4v) is 3.00. The van der Waals surface area contributed by atoms with E-state index in [1.54, 1.807) is 37.3 Å². The molecule has 1 aliphatic rings. The van der Waals surface area contributed by atoms with Gasteiger partial charge in [0.05, 0.1) is 12.2 Å². The lowest BCUT2D eigenvalue weighted by molar-refractivity contribution is -0.123. The Labute approximate surface area is 144 Å². The van der Waals surface area contributed by atoms with Gasteiger partial charge in [0.15, 0.2) is 6.10 Å². The summed E-state index contributed by atoms with van der Waals surface area (Å²) in [6, 6.07) is 8.91. The SMILES string of the molecule is C[C@H](Nc1ccc2c(c1)NC(=O)[C@H](C)O2)C(=O)NCc1cccs1. The van der Waals surface area contributed by atoms with Crippen LogP contribution in [-0.2, 0) is 16.1 Å². The summed E-state index contributed by atoms with van der Waals surface area (Å²) in [5.41, 5.74) is 1.35. The number of hydrogen-bond donors (Lipinski definition) is 3. The summed E-state index contributed by atoms with van der Waals surface area (Å²) in [4.78, 5) is 24.9. The van der Waals surface area contributed by atoms with Crippen molar-refractivity contribution in [1.29, 1.82) is 0 Å². The Morgan fingerprint density at radius 3 is 3.00 bits per heavy atom. The van der Waals surface area contributed by atoms with Crippen LogP contribution in [0.4, 0.5) is 11.4 Å². The average Bonchev–Trinajstić information content (AvgIpc) is 3.07. The van der Waals surface area contributed by atoms with Crippen LogP contribution in [0.2, 0.25) is 0 Å². The maximum atomic E-state index is 12.2. The largest absolute Gasteiger partial charge is 0.479 e. The highest BCUT2D eigenvalue weighted by Crippen LogP contribution is 2.32. The third kappa shape index (κ3) is 3.68. The fourth-order valence-electron chi connectivity index (χ4n) is 2.35. The molecule has 3 rings (SSSR count). The van der Waals surface area contributed by atoms with Crippen LogP contribution in [0.5, 0.6) is 5.75 Å². The van der Waals surface area contributed by atoms with Crippen LogP contribution in [0.1, 0.15) is 18.7 Å². The standard InChI is InChI=1S/C17H19N3O3S/c1-10(16(21)18-9-13-4-3-7-24-13)19-12-5-6-15-14(8-12)20-17(22)11(2)23-15/h3-8,10-11,19H,9H2,1-2H3,(H,18,21)(H,20,22)/t10-,11-/m0/s1. The normalized spacial score (nSPS) is 17.2. The zero-order valence-electron chi connectivity index (χ0n) is 13.5. The molecule has 0 spiro atoms. The highest BCUT2D eigenvalue weighted by atomic mass is 32.1. The molecule has 7 heteroatoms. The summed E-state index contributed by atoms with van der Waals surface area (Å²) in [7, 11) is 0. The van der Waals surface area contributed by atoms with E-state index in [0.29, 0.717) is 18.0 Å². The highest BCUT2D eigenvalue weighted by molar-refractivity contribution is 7.09. The quantitative estimate of drug-likeness (QED) is 0.778. The summed E-state index contributed by atoms with van der Waals surface area (Å²) < 4.78 is 5.51. The summed E-state index contributed by atoms with van der Waals surface area (Å²) in [6.45, 7) is 4.01. The van der Waals surface area contributed by atoms with Gasteiger partial charge in [0.2, 0.25) is 5.91 Å². The Morgan fingerprint density at radius 2 is 2.25 bits per heavy atom. The van der Waals surface area contributed by atoms with E-state index in [-0.39, 0.29) is 11.8 Å². The number of thiophene rings is 1. The van der Waals surface area contributed by atoms with Crippen LogP contribution in [0, 0.1) is 0 Å². The van der Waals surface area contributed by atoms with Crippen LogP contribution < -0.4 is 20.7 Å². The third-order valence-corrected chi connectivity index (χ3v) is 4.58. The van der Waals surface area contributed by atoms with E-state index in [2.05, 4.69) is 16.0 Å². The number of rotatable bonds is 5. The predicted molar refractivity (Wildman–Crippen MR) is 94.4 cm³/mol. The molecule has 1 aromatic carbocycles. The second kappa shape index (κ2) is 6.92.